The van der Waals surface area contributed by atoms with Gasteiger partial charge in [-0.25, -0.2) is 9.18 Å². The van der Waals surface area contributed by atoms with E-state index in [0.29, 0.717) is 25.1 Å². The molecule has 0 unspecified atom stereocenters. The van der Waals surface area contributed by atoms with Gasteiger partial charge in [-0.15, -0.1) is 0 Å². The van der Waals surface area contributed by atoms with Gasteiger partial charge in [0.2, 0.25) is 0 Å². The minimum atomic E-state index is -0.212. The summed E-state index contributed by atoms with van der Waals surface area (Å²) in [6.45, 7) is 4.01. The van der Waals surface area contributed by atoms with E-state index in [2.05, 4.69) is 15.5 Å². The van der Waals surface area contributed by atoms with Crippen LogP contribution in [0.1, 0.15) is 32.1 Å². The average Bonchev–Trinajstić information content (AvgIpc) is 3.10. The normalized spacial score (nSPS) is 23.5. The molecule has 6 heteroatoms. The molecular weight excluding hydrogens is 321 g/mol. The summed E-state index contributed by atoms with van der Waals surface area (Å²) in [6, 6.07) is 6.50. The van der Waals surface area contributed by atoms with Crippen LogP contribution in [0.5, 0.6) is 0 Å². The maximum Gasteiger partial charge on any atom is 0.314 e. The number of amides is 2. The summed E-state index contributed by atoms with van der Waals surface area (Å²) in [4.78, 5) is 14.2. The third kappa shape index (κ3) is 5.59. The van der Waals surface area contributed by atoms with E-state index < -0.39 is 0 Å². The lowest BCUT2D eigenvalue weighted by Crippen LogP contribution is -2.40. The molecule has 0 radical (unpaired) electrons. The molecule has 2 fully saturated rings. The van der Waals surface area contributed by atoms with Crippen molar-refractivity contribution in [1.82, 2.24) is 10.6 Å². The van der Waals surface area contributed by atoms with Crippen LogP contribution in [0.3, 0.4) is 0 Å². The molecule has 0 aliphatic carbocycles. The predicted molar refractivity (Wildman–Crippen MR) is 96.3 cm³/mol. The van der Waals surface area contributed by atoms with Crippen LogP contribution in [0.25, 0.3) is 0 Å². The van der Waals surface area contributed by atoms with E-state index in [0.717, 1.165) is 51.1 Å². The summed E-state index contributed by atoms with van der Waals surface area (Å²) in [6.07, 6.45) is 5.70. The first-order valence-electron chi connectivity index (χ1n) is 9.34. The van der Waals surface area contributed by atoms with Crippen LogP contribution in [0.4, 0.5) is 14.9 Å². The molecule has 0 saturated carbocycles. The molecule has 2 amide bonds. The molecule has 0 spiro atoms. The zero-order valence-electron chi connectivity index (χ0n) is 14.7. The standard InChI is InChI=1S/C19H28FN3O2/c20-16-4-6-17(7-5-16)23-11-9-15(14-23)13-22-19(24)21-10-8-18-3-1-2-12-25-18/h4-7,15,18H,1-3,8-14H2,(H2,21,22,24)/t15-,18+/m0/s1. The third-order valence-electron chi connectivity index (χ3n) is 5.05. The van der Waals surface area contributed by atoms with E-state index in [1.165, 1.54) is 18.6 Å². The van der Waals surface area contributed by atoms with E-state index in [1.807, 2.05) is 12.1 Å². The number of urea groups is 1. The van der Waals surface area contributed by atoms with E-state index in [1.54, 1.807) is 0 Å². The number of hydrogen-bond acceptors (Lipinski definition) is 3. The maximum absolute atomic E-state index is 13.0. The minimum Gasteiger partial charge on any atom is -0.378 e. The number of anilines is 1. The van der Waals surface area contributed by atoms with Crippen molar-refractivity contribution < 1.29 is 13.9 Å². The van der Waals surface area contributed by atoms with Crippen molar-refractivity contribution >= 4 is 11.7 Å². The molecule has 2 atom stereocenters. The summed E-state index contributed by atoms with van der Waals surface area (Å²) in [5.74, 6) is 0.217. The van der Waals surface area contributed by atoms with Crippen LogP contribution in [0.15, 0.2) is 24.3 Å². The summed E-state index contributed by atoms with van der Waals surface area (Å²) >= 11 is 0. The lowest BCUT2D eigenvalue weighted by Gasteiger charge is -2.22. The van der Waals surface area contributed by atoms with Crippen molar-refractivity contribution in [1.29, 1.82) is 0 Å². The van der Waals surface area contributed by atoms with Gasteiger partial charge in [0.25, 0.3) is 0 Å². The number of halogens is 1. The van der Waals surface area contributed by atoms with Crippen molar-refractivity contribution in [2.45, 2.75) is 38.2 Å². The second kappa shape index (κ2) is 9.04. The number of carbonyl (C=O) groups is 1. The van der Waals surface area contributed by atoms with E-state index in [-0.39, 0.29) is 11.8 Å². The lowest BCUT2D eigenvalue weighted by molar-refractivity contribution is 0.0120. The Morgan fingerprint density at radius 3 is 2.80 bits per heavy atom. The fraction of sp³-hybridized carbons (Fsp3) is 0.632. The second-order valence-electron chi connectivity index (χ2n) is 6.99. The van der Waals surface area contributed by atoms with Crippen LogP contribution in [-0.4, -0.2) is 44.9 Å². The van der Waals surface area contributed by atoms with Crippen molar-refractivity contribution in [2.75, 3.05) is 37.7 Å². The molecule has 1 aromatic rings. The Hall–Kier alpha value is -1.82. The van der Waals surface area contributed by atoms with Crippen LogP contribution >= 0.6 is 0 Å². The SMILES string of the molecule is O=C(NCC[C@H]1CCCCO1)NC[C@@H]1CCN(c2ccc(F)cc2)C1. The lowest BCUT2D eigenvalue weighted by atomic mass is 10.1. The number of benzene rings is 1. The maximum atomic E-state index is 13.0. The highest BCUT2D eigenvalue weighted by molar-refractivity contribution is 5.73. The highest BCUT2D eigenvalue weighted by Gasteiger charge is 2.23. The number of rotatable bonds is 6. The first-order chi connectivity index (χ1) is 12.2. The molecule has 1 aromatic carbocycles. The van der Waals surface area contributed by atoms with Crippen LogP contribution < -0.4 is 15.5 Å². The molecule has 5 nitrogen and oxygen atoms in total. The first-order valence-corrected chi connectivity index (χ1v) is 9.34. The van der Waals surface area contributed by atoms with E-state index in [4.69, 9.17) is 4.74 Å². The monoisotopic (exact) mass is 349 g/mol. The zero-order valence-corrected chi connectivity index (χ0v) is 14.7. The highest BCUT2D eigenvalue weighted by atomic mass is 19.1. The average molecular weight is 349 g/mol. The van der Waals surface area contributed by atoms with Gasteiger partial charge in [0.1, 0.15) is 5.82 Å². The molecule has 2 saturated heterocycles. The first kappa shape index (κ1) is 18.0. The molecule has 3 rings (SSSR count). The Morgan fingerprint density at radius 2 is 2.04 bits per heavy atom. The molecule has 138 valence electrons. The van der Waals surface area contributed by atoms with Gasteiger partial charge in [0, 0.05) is 38.5 Å². The Kier molecular flexibility index (Phi) is 6.50. The number of nitrogens with one attached hydrogen (secondary N) is 2. The van der Waals surface area contributed by atoms with Gasteiger partial charge in [-0.3, -0.25) is 0 Å². The fourth-order valence-corrected chi connectivity index (χ4v) is 3.57. The minimum absolute atomic E-state index is 0.101. The van der Waals surface area contributed by atoms with Crippen LogP contribution in [0, 0.1) is 11.7 Å². The number of nitrogens with zero attached hydrogens (tertiary/aromatic N) is 1. The third-order valence-corrected chi connectivity index (χ3v) is 5.05. The molecule has 2 heterocycles. The molecule has 2 aliphatic heterocycles. The molecule has 25 heavy (non-hydrogen) atoms. The fourth-order valence-electron chi connectivity index (χ4n) is 3.57. The zero-order chi connectivity index (χ0) is 17.5. The van der Waals surface area contributed by atoms with E-state index in [9.17, 15) is 9.18 Å². The smallest absolute Gasteiger partial charge is 0.314 e. The van der Waals surface area contributed by atoms with Gasteiger partial charge in [0.15, 0.2) is 0 Å². The van der Waals surface area contributed by atoms with Gasteiger partial charge in [-0.2, -0.15) is 0 Å². The van der Waals surface area contributed by atoms with Gasteiger partial charge in [-0.1, -0.05) is 0 Å². The van der Waals surface area contributed by atoms with Gasteiger partial charge < -0.3 is 20.3 Å². The van der Waals surface area contributed by atoms with Crippen molar-refractivity contribution in [3.8, 4) is 0 Å². The Labute approximate surface area is 148 Å². The second-order valence-corrected chi connectivity index (χ2v) is 6.99. The molecular formula is C19H28FN3O2. The molecule has 0 aromatic heterocycles. The topological polar surface area (TPSA) is 53.6 Å². The molecule has 2 N–H and O–H groups in total. The van der Waals surface area contributed by atoms with Gasteiger partial charge in [-0.05, 0) is 62.3 Å². The number of carbonyl (C=O) groups excluding carboxylic acids is 1. The Balaban J connectivity index is 1.30. The van der Waals surface area contributed by atoms with E-state index >= 15 is 0 Å². The van der Waals surface area contributed by atoms with Crippen molar-refractivity contribution in [3.63, 3.8) is 0 Å². The Morgan fingerprint density at radius 1 is 1.20 bits per heavy atom. The summed E-state index contributed by atoms with van der Waals surface area (Å²) in [5.41, 5.74) is 1.04. The van der Waals surface area contributed by atoms with Gasteiger partial charge >= 0.3 is 6.03 Å². The predicted octanol–water partition coefficient (Wildman–Crippen LogP) is 2.91. The highest BCUT2D eigenvalue weighted by Crippen LogP contribution is 2.23. The summed E-state index contributed by atoms with van der Waals surface area (Å²) < 4.78 is 18.7. The summed E-state index contributed by atoms with van der Waals surface area (Å²) in [7, 11) is 0. The molecule has 2 aliphatic rings. The van der Waals surface area contributed by atoms with Crippen LogP contribution in [-0.2, 0) is 4.74 Å². The largest absolute Gasteiger partial charge is 0.378 e. The van der Waals surface area contributed by atoms with Crippen LogP contribution in [0.2, 0.25) is 0 Å². The molecule has 0 bridgehead atoms. The quantitative estimate of drug-likeness (QED) is 0.830. The van der Waals surface area contributed by atoms with Crippen molar-refractivity contribution in [3.05, 3.63) is 30.1 Å². The Bertz CT molecular complexity index is 546. The number of hydrogen-bond donors (Lipinski definition) is 2. The van der Waals surface area contributed by atoms with Crippen molar-refractivity contribution in [2.24, 2.45) is 5.92 Å². The number of ether oxygens (including phenoxy) is 1. The summed E-state index contributed by atoms with van der Waals surface area (Å²) in [5, 5.41) is 5.88. The van der Waals surface area contributed by atoms with Gasteiger partial charge in [0.05, 0.1) is 6.10 Å².